The van der Waals surface area contributed by atoms with Crippen LogP contribution in [0.5, 0.6) is 0 Å². The van der Waals surface area contributed by atoms with Gasteiger partial charge in [-0.3, -0.25) is 4.98 Å². The number of hydrogen-bond donors (Lipinski definition) is 2. The summed E-state index contributed by atoms with van der Waals surface area (Å²) in [6, 6.07) is 10.8. The fraction of sp³-hybridized carbons (Fsp3) is 0.125. The Balaban J connectivity index is 1.57. The van der Waals surface area contributed by atoms with Gasteiger partial charge in [0.25, 0.3) is 0 Å². The lowest BCUT2D eigenvalue weighted by Crippen LogP contribution is -2.28. The van der Waals surface area contributed by atoms with Crippen molar-refractivity contribution in [3.05, 3.63) is 66.2 Å². The molecule has 1 aromatic carbocycles. The number of carbonyl (C=O) groups is 1. The highest BCUT2D eigenvalue weighted by Crippen LogP contribution is 2.11. The molecule has 2 aromatic heterocycles. The van der Waals surface area contributed by atoms with Crippen molar-refractivity contribution in [2.75, 3.05) is 5.32 Å². The molecule has 7 nitrogen and oxygen atoms in total. The van der Waals surface area contributed by atoms with Gasteiger partial charge in [0.2, 0.25) is 0 Å². The molecule has 2 heterocycles. The van der Waals surface area contributed by atoms with Gasteiger partial charge in [0.15, 0.2) is 0 Å². The van der Waals surface area contributed by atoms with Crippen molar-refractivity contribution in [1.29, 1.82) is 0 Å². The fourth-order valence-corrected chi connectivity index (χ4v) is 2.07. The van der Waals surface area contributed by atoms with E-state index in [0.717, 1.165) is 16.9 Å². The molecular formula is C16H16N6O. The molecule has 0 saturated heterocycles. The predicted molar refractivity (Wildman–Crippen MR) is 86.2 cm³/mol. The van der Waals surface area contributed by atoms with Crippen LogP contribution in [0.3, 0.4) is 0 Å². The number of benzene rings is 1. The summed E-state index contributed by atoms with van der Waals surface area (Å²) in [4.78, 5) is 17.7. The van der Waals surface area contributed by atoms with Gasteiger partial charge in [0.1, 0.15) is 0 Å². The number of hydrogen-bond acceptors (Lipinski definition) is 4. The van der Waals surface area contributed by atoms with Gasteiger partial charge >= 0.3 is 6.03 Å². The molecule has 0 aliphatic carbocycles. The second kappa shape index (κ2) is 6.69. The quantitative estimate of drug-likeness (QED) is 0.774. The van der Waals surface area contributed by atoms with Gasteiger partial charge in [-0.1, -0.05) is 6.07 Å². The van der Waals surface area contributed by atoms with Crippen LogP contribution >= 0.6 is 0 Å². The smallest absolute Gasteiger partial charge is 0.319 e. The minimum Gasteiger partial charge on any atom is -0.332 e. The average molecular weight is 308 g/mol. The molecule has 7 heteroatoms. The molecule has 116 valence electrons. The standard InChI is InChI=1S/C16H16N6O/c1-12-3-2-8-17-15(12)11-18-16(23)21-13-4-6-14(7-5-13)22-19-9-10-20-22/h2-10H,11H2,1H3,(H2,18,21,23). The maximum Gasteiger partial charge on any atom is 0.319 e. The summed E-state index contributed by atoms with van der Waals surface area (Å²) >= 11 is 0. The second-order valence-electron chi connectivity index (χ2n) is 4.94. The minimum absolute atomic E-state index is 0.278. The maximum atomic E-state index is 11.9. The Morgan fingerprint density at radius 2 is 1.83 bits per heavy atom. The highest BCUT2D eigenvalue weighted by molar-refractivity contribution is 5.89. The van der Waals surface area contributed by atoms with E-state index in [0.29, 0.717) is 12.2 Å². The number of carbonyl (C=O) groups excluding carboxylic acids is 1. The zero-order valence-corrected chi connectivity index (χ0v) is 12.6. The van der Waals surface area contributed by atoms with Crippen LogP contribution in [0.15, 0.2) is 55.0 Å². The van der Waals surface area contributed by atoms with Crippen LogP contribution in [0, 0.1) is 6.92 Å². The third-order valence-corrected chi connectivity index (χ3v) is 3.31. The van der Waals surface area contributed by atoms with Crippen molar-refractivity contribution in [2.24, 2.45) is 0 Å². The lowest BCUT2D eigenvalue weighted by molar-refractivity contribution is 0.251. The van der Waals surface area contributed by atoms with Gasteiger partial charge in [0.05, 0.1) is 30.3 Å². The van der Waals surface area contributed by atoms with Crippen LogP contribution in [-0.4, -0.2) is 26.0 Å². The van der Waals surface area contributed by atoms with Crippen LogP contribution in [0.2, 0.25) is 0 Å². The number of nitrogens with zero attached hydrogens (tertiary/aromatic N) is 4. The van der Waals surface area contributed by atoms with Crippen LogP contribution in [0.4, 0.5) is 10.5 Å². The van der Waals surface area contributed by atoms with Gasteiger partial charge in [0, 0.05) is 11.9 Å². The molecule has 0 bridgehead atoms. The molecule has 0 aliphatic rings. The van der Waals surface area contributed by atoms with E-state index in [4.69, 9.17) is 0 Å². The molecule has 0 saturated carbocycles. The topological polar surface area (TPSA) is 84.7 Å². The van der Waals surface area contributed by atoms with E-state index in [1.165, 1.54) is 4.80 Å². The van der Waals surface area contributed by atoms with Crippen molar-refractivity contribution >= 4 is 11.7 Å². The Labute approximate surface area is 133 Å². The summed E-state index contributed by atoms with van der Waals surface area (Å²) in [6.45, 7) is 2.34. The molecule has 0 spiro atoms. The molecule has 0 aliphatic heterocycles. The first kappa shape index (κ1) is 14.7. The monoisotopic (exact) mass is 308 g/mol. The first-order chi connectivity index (χ1) is 11.2. The number of rotatable bonds is 4. The third-order valence-electron chi connectivity index (χ3n) is 3.31. The van der Waals surface area contributed by atoms with Crippen LogP contribution < -0.4 is 10.6 Å². The first-order valence-electron chi connectivity index (χ1n) is 7.14. The molecule has 0 fully saturated rings. The van der Waals surface area contributed by atoms with Crippen molar-refractivity contribution in [3.8, 4) is 5.69 Å². The highest BCUT2D eigenvalue weighted by Gasteiger charge is 2.04. The number of amides is 2. The summed E-state index contributed by atoms with van der Waals surface area (Å²) < 4.78 is 0. The summed E-state index contributed by atoms with van der Waals surface area (Å²) in [5, 5.41) is 13.7. The van der Waals surface area contributed by atoms with Gasteiger partial charge in [-0.15, -0.1) is 0 Å². The largest absolute Gasteiger partial charge is 0.332 e. The van der Waals surface area contributed by atoms with Gasteiger partial charge in [-0.25, -0.2) is 4.79 Å². The fourth-order valence-electron chi connectivity index (χ4n) is 2.07. The van der Waals surface area contributed by atoms with Crippen LogP contribution in [-0.2, 0) is 6.54 Å². The number of aryl methyl sites for hydroxylation is 1. The van der Waals surface area contributed by atoms with Crippen LogP contribution in [0.1, 0.15) is 11.3 Å². The number of anilines is 1. The van der Waals surface area contributed by atoms with E-state index in [1.54, 1.807) is 30.7 Å². The molecule has 0 unspecified atom stereocenters. The Bertz CT molecular complexity index is 783. The Kier molecular flexibility index (Phi) is 4.28. The van der Waals surface area contributed by atoms with E-state index in [2.05, 4.69) is 25.8 Å². The second-order valence-corrected chi connectivity index (χ2v) is 4.94. The lowest BCUT2D eigenvalue weighted by Gasteiger charge is -2.09. The normalized spacial score (nSPS) is 10.3. The van der Waals surface area contributed by atoms with E-state index >= 15 is 0 Å². The first-order valence-corrected chi connectivity index (χ1v) is 7.14. The van der Waals surface area contributed by atoms with Crippen molar-refractivity contribution in [2.45, 2.75) is 13.5 Å². The Morgan fingerprint density at radius 1 is 1.09 bits per heavy atom. The summed E-state index contributed by atoms with van der Waals surface area (Å²) in [6.07, 6.45) is 4.93. The van der Waals surface area contributed by atoms with Gasteiger partial charge < -0.3 is 10.6 Å². The van der Waals surface area contributed by atoms with Crippen molar-refractivity contribution < 1.29 is 4.79 Å². The molecule has 2 amide bonds. The molecular weight excluding hydrogens is 292 g/mol. The Morgan fingerprint density at radius 3 is 2.52 bits per heavy atom. The summed E-state index contributed by atoms with van der Waals surface area (Å²) in [7, 11) is 0. The molecule has 0 atom stereocenters. The maximum absolute atomic E-state index is 11.9. The Hall–Kier alpha value is -3.22. The lowest BCUT2D eigenvalue weighted by atomic mass is 10.2. The average Bonchev–Trinajstić information content (AvgIpc) is 3.09. The number of nitrogens with one attached hydrogen (secondary N) is 2. The third kappa shape index (κ3) is 3.70. The number of urea groups is 1. The van der Waals surface area contributed by atoms with Gasteiger partial charge in [-0.2, -0.15) is 15.0 Å². The zero-order valence-electron chi connectivity index (χ0n) is 12.6. The number of aromatic nitrogens is 4. The summed E-state index contributed by atoms with van der Waals surface area (Å²) in [5.41, 5.74) is 3.41. The molecule has 23 heavy (non-hydrogen) atoms. The minimum atomic E-state index is -0.278. The molecule has 2 N–H and O–H groups in total. The van der Waals surface area contributed by atoms with E-state index < -0.39 is 0 Å². The van der Waals surface area contributed by atoms with Crippen LogP contribution in [0.25, 0.3) is 5.69 Å². The molecule has 3 rings (SSSR count). The SMILES string of the molecule is Cc1cccnc1CNC(=O)Nc1ccc(-n2nccn2)cc1. The molecule has 0 radical (unpaired) electrons. The van der Waals surface area contributed by atoms with E-state index in [9.17, 15) is 4.79 Å². The number of pyridine rings is 1. The molecule has 3 aromatic rings. The van der Waals surface area contributed by atoms with E-state index in [1.807, 2.05) is 31.2 Å². The zero-order chi connectivity index (χ0) is 16.1. The summed E-state index contributed by atoms with van der Waals surface area (Å²) in [5.74, 6) is 0. The highest BCUT2D eigenvalue weighted by atomic mass is 16.2. The van der Waals surface area contributed by atoms with Crippen molar-refractivity contribution in [3.63, 3.8) is 0 Å². The van der Waals surface area contributed by atoms with E-state index in [-0.39, 0.29) is 6.03 Å². The van der Waals surface area contributed by atoms with Crippen molar-refractivity contribution in [1.82, 2.24) is 25.3 Å². The predicted octanol–water partition coefficient (Wildman–Crippen LogP) is 2.29. The van der Waals surface area contributed by atoms with Gasteiger partial charge in [-0.05, 0) is 42.8 Å².